The van der Waals surface area contributed by atoms with Crippen LogP contribution in [0.25, 0.3) is 0 Å². The fourth-order valence-electron chi connectivity index (χ4n) is 2.43. The molecule has 0 saturated heterocycles. The average Bonchev–Trinajstić information content (AvgIpc) is 2.67. The van der Waals surface area contributed by atoms with Gasteiger partial charge in [0.15, 0.2) is 5.78 Å². The van der Waals surface area contributed by atoms with Crippen molar-refractivity contribution in [2.45, 2.75) is 10.6 Å². The first-order valence-corrected chi connectivity index (χ1v) is 9.60. The quantitative estimate of drug-likeness (QED) is 0.367. The molecule has 0 unspecified atom stereocenters. The number of hydrogen-bond donors (Lipinski definition) is 0. The van der Waals surface area contributed by atoms with Crippen LogP contribution in [0.15, 0.2) is 82.2 Å². The van der Waals surface area contributed by atoms with Crippen molar-refractivity contribution < 1.29 is 9.53 Å². The van der Waals surface area contributed by atoms with Gasteiger partial charge in [-0.05, 0) is 48.0 Å². The molecule has 126 valence electrons. The van der Waals surface area contributed by atoms with E-state index in [1.165, 1.54) is 5.56 Å². The summed E-state index contributed by atoms with van der Waals surface area (Å²) in [5.41, 5.74) is 2.59. The molecule has 0 aliphatic rings. The number of methoxy groups -OCH3 is 1. The SMILES string of the molecule is COc1ccc(C(=O)c2ccc(Br)cc2)c(SCc2ccccc2)c1. The van der Waals surface area contributed by atoms with Gasteiger partial charge in [0.05, 0.1) is 7.11 Å². The molecule has 0 radical (unpaired) electrons. The lowest BCUT2D eigenvalue weighted by atomic mass is 10.0. The van der Waals surface area contributed by atoms with Gasteiger partial charge in [0.25, 0.3) is 0 Å². The molecule has 0 amide bonds. The number of rotatable bonds is 6. The van der Waals surface area contributed by atoms with Gasteiger partial charge >= 0.3 is 0 Å². The molecule has 0 fully saturated rings. The molecule has 3 rings (SSSR count). The number of ketones is 1. The van der Waals surface area contributed by atoms with Crippen molar-refractivity contribution in [2.75, 3.05) is 7.11 Å². The second-order valence-corrected chi connectivity index (χ2v) is 7.41. The molecule has 0 saturated carbocycles. The highest BCUT2D eigenvalue weighted by Crippen LogP contribution is 2.31. The Labute approximate surface area is 160 Å². The number of carbonyl (C=O) groups excluding carboxylic acids is 1. The summed E-state index contributed by atoms with van der Waals surface area (Å²) in [5, 5.41) is 0. The zero-order valence-electron chi connectivity index (χ0n) is 13.7. The lowest BCUT2D eigenvalue weighted by molar-refractivity contribution is 0.103. The van der Waals surface area contributed by atoms with E-state index >= 15 is 0 Å². The van der Waals surface area contributed by atoms with E-state index in [1.54, 1.807) is 18.9 Å². The van der Waals surface area contributed by atoms with E-state index < -0.39 is 0 Å². The Morgan fingerprint density at radius 2 is 1.72 bits per heavy atom. The molecule has 0 heterocycles. The van der Waals surface area contributed by atoms with Gasteiger partial charge in [-0.3, -0.25) is 4.79 Å². The van der Waals surface area contributed by atoms with E-state index in [1.807, 2.05) is 60.7 Å². The molecule has 4 heteroatoms. The van der Waals surface area contributed by atoms with Crippen LogP contribution in [0, 0.1) is 0 Å². The Bertz CT molecular complexity index is 861. The molecule has 0 bridgehead atoms. The van der Waals surface area contributed by atoms with Gasteiger partial charge < -0.3 is 4.74 Å². The summed E-state index contributed by atoms with van der Waals surface area (Å²) in [6.07, 6.45) is 0. The van der Waals surface area contributed by atoms with Crippen molar-refractivity contribution >= 4 is 33.5 Å². The van der Waals surface area contributed by atoms with Gasteiger partial charge in [0.2, 0.25) is 0 Å². The molecular formula is C21H17BrO2S. The summed E-state index contributed by atoms with van der Waals surface area (Å²) < 4.78 is 6.29. The molecular weight excluding hydrogens is 396 g/mol. The minimum Gasteiger partial charge on any atom is -0.497 e. The monoisotopic (exact) mass is 412 g/mol. The Morgan fingerprint density at radius 3 is 2.40 bits per heavy atom. The third-order valence-electron chi connectivity index (χ3n) is 3.78. The summed E-state index contributed by atoms with van der Waals surface area (Å²) in [4.78, 5) is 13.8. The van der Waals surface area contributed by atoms with Crippen molar-refractivity contribution in [3.63, 3.8) is 0 Å². The van der Waals surface area contributed by atoms with Crippen molar-refractivity contribution in [2.24, 2.45) is 0 Å². The van der Waals surface area contributed by atoms with Crippen molar-refractivity contribution in [3.8, 4) is 5.75 Å². The molecule has 3 aromatic rings. The highest BCUT2D eigenvalue weighted by molar-refractivity contribution is 9.10. The van der Waals surface area contributed by atoms with Gasteiger partial charge in [0, 0.05) is 26.2 Å². The van der Waals surface area contributed by atoms with E-state index in [4.69, 9.17) is 4.74 Å². The van der Waals surface area contributed by atoms with E-state index in [2.05, 4.69) is 28.1 Å². The first kappa shape index (κ1) is 17.8. The van der Waals surface area contributed by atoms with Gasteiger partial charge in [-0.2, -0.15) is 0 Å². The minimum absolute atomic E-state index is 0.0192. The van der Waals surface area contributed by atoms with Crippen molar-refractivity contribution in [1.29, 1.82) is 0 Å². The van der Waals surface area contributed by atoms with Gasteiger partial charge in [-0.25, -0.2) is 0 Å². The largest absolute Gasteiger partial charge is 0.497 e. The van der Waals surface area contributed by atoms with Crippen LogP contribution in [0.5, 0.6) is 5.75 Å². The smallest absolute Gasteiger partial charge is 0.194 e. The zero-order chi connectivity index (χ0) is 17.6. The van der Waals surface area contributed by atoms with Crippen LogP contribution in [0.2, 0.25) is 0 Å². The van der Waals surface area contributed by atoms with Gasteiger partial charge in [0.1, 0.15) is 5.75 Å². The van der Waals surface area contributed by atoms with Gasteiger partial charge in [-0.1, -0.05) is 46.3 Å². The van der Waals surface area contributed by atoms with Crippen LogP contribution < -0.4 is 4.74 Å². The molecule has 2 nitrogen and oxygen atoms in total. The number of ether oxygens (including phenoxy) is 1. The number of hydrogen-bond acceptors (Lipinski definition) is 3. The topological polar surface area (TPSA) is 26.3 Å². The minimum atomic E-state index is 0.0192. The van der Waals surface area contributed by atoms with Crippen LogP contribution >= 0.6 is 27.7 Å². The third-order valence-corrected chi connectivity index (χ3v) is 5.43. The van der Waals surface area contributed by atoms with Crippen LogP contribution in [0.1, 0.15) is 21.5 Å². The summed E-state index contributed by atoms with van der Waals surface area (Å²) >= 11 is 5.05. The predicted molar refractivity (Wildman–Crippen MR) is 107 cm³/mol. The first-order chi connectivity index (χ1) is 12.2. The lowest BCUT2D eigenvalue weighted by Crippen LogP contribution is -2.03. The first-order valence-electron chi connectivity index (χ1n) is 7.82. The fourth-order valence-corrected chi connectivity index (χ4v) is 3.72. The van der Waals surface area contributed by atoms with Gasteiger partial charge in [-0.15, -0.1) is 11.8 Å². The molecule has 0 aliphatic carbocycles. The van der Waals surface area contributed by atoms with Crippen molar-refractivity contribution in [3.05, 3.63) is 94.0 Å². The Hall–Kier alpha value is -2.04. The Morgan fingerprint density at radius 1 is 1.00 bits per heavy atom. The van der Waals surface area contributed by atoms with Crippen molar-refractivity contribution in [1.82, 2.24) is 0 Å². The fraction of sp³-hybridized carbons (Fsp3) is 0.0952. The molecule has 0 aromatic heterocycles. The van der Waals surface area contributed by atoms with Crippen LogP contribution in [-0.4, -0.2) is 12.9 Å². The molecule has 0 aliphatic heterocycles. The maximum atomic E-state index is 12.9. The van der Waals surface area contributed by atoms with Crippen LogP contribution in [0.3, 0.4) is 0 Å². The van der Waals surface area contributed by atoms with E-state index in [0.29, 0.717) is 11.1 Å². The molecule has 0 N–H and O–H groups in total. The summed E-state index contributed by atoms with van der Waals surface area (Å²) in [6.45, 7) is 0. The van der Waals surface area contributed by atoms with E-state index in [-0.39, 0.29) is 5.78 Å². The Kier molecular flexibility index (Phi) is 5.95. The standard InChI is InChI=1S/C21H17BrO2S/c1-24-18-11-12-19(21(23)16-7-9-17(22)10-8-16)20(13-18)25-14-15-5-3-2-4-6-15/h2-13H,14H2,1H3. The molecule has 3 aromatic carbocycles. The van der Waals surface area contributed by atoms with E-state index in [9.17, 15) is 4.79 Å². The predicted octanol–water partition coefficient (Wildman–Crippen LogP) is 5.98. The molecule has 0 spiro atoms. The maximum Gasteiger partial charge on any atom is 0.194 e. The number of carbonyl (C=O) groups is 1. The zero-order valence-corrected chi connectivity index (χ0v) is 16.1. The average molecular weight is 413 g/mol. The summed E-state index contributed by atoms with van der Waals surface area (Å²) in [6, 6.07) is 23.3. The second-order valence-electron chi connectivity index (χ2n) is 5.47. The molecule has 25 heavy (non-hydrogen) atoms. The van der Waals surface area contributed by atoms with E-state index in [0.717, 1.165) is 20.9 Å². The number of benzene rings is 3. The highest BCUT2D eigenvalue weighted by Gasteiger charge is 2.15. The molecule has 0 atom stereocenters. The number of thioether (sulfide) groups is 1. The normalized spacial score (nSPS) is 10.5. The van der Waals surface area contributed by atoms with Crippen LogP contribution in [0.4, 0.5) is 0 Å². The maximum absolute atomic E-state index is 12.9. The third kappa shape index (κ3) is 4.53. The second kappa shape index (κ2) is 8.37. The summed E-state index contributed by atoms with van der Waals surface area (Å²) in [7, 11) is 1.64. The Balaban J connectivity index is 1.89. The van der Waals surface area contributed by atoms with Crippen LogP contribution in [-0.2, 0) is 5.75 Å². The highest BCUT2D eigenvalue weighted by atomic mass is 79.9. The summed E-state index contributed by atoms with van der Waals surface area (Å²) in [5.74, 6) is 1.57. The lowest BCUT2D eigenvalue weighted by Gasteiger charge is -2.11. The number of halogens is 1.